The van der Waals surface area contributed by atoms with E-state index in [1.165, 1.54) is 40.9 Å². The van der Waals surface area contributed by atoms with Crippen LogP contribution in [0.3, 0.4) is 0 Å². The van der Waals surface area contributed by atoms with Crippen molar-refractivity contribution in [2.45, 2.75) is 26.7 Å². The predicted molar refractivity (Wildman–Crippen MR) is 111 cm³/mol. The number of rotatable bonds is 4. The average Bonchev–Trinajstić information content (AvgIpc) is 3.01. The van der Waals surface area contributed by atoms with Crippen LogP contribution in [-0.2, 0) is 4.79 Å². The maximum Gasteiger partial charge on any atom is 0.441 e. The van der Waals surface area contributed by atoms with E-state index in [2.05, 4.69) is 4.99 Å². The van der Waals surface area contributed by atoms with Crippen molar-refractivity contribution in [2.24, 2.45) is 4.99 Å². The standard InChI is InChI=1S/C20H21N3O5S/c1-12(2)16-9-4-13(3)10-17(16)22-18(24)11-29-19(22)21-20(25)28-15-7-5-14(6-8-15)23(26)27/h4-10,12,23,26H,11H2,1-3H3. The number of ether oxygens (including phenoxy) is 1. The second-order valence-electron chi connectivity index (χ2n) is 6.83. The zero-order chi connectivity index (χ0) is 21.1. The Morgan fingerprint density at radius 2 is 1.97 bits per heavy atom. The molecule has 152 valence electrons. The second-order valence-corrected chi connectivity index (χ2v) is 7.77. The molecule has 1 aliphatic heterocycles. The molecular formula is C20H21N3O5S. The number of anilines is 1. The summed E-state index contributed by atoms with van der Waals surface area (Å²) < 4.78 is 5.16. The normalized spacial score (nSPS) is 16.6. The van der Waals surface area contributed by atoms with Crippen molar-refractivity contribution in [3.8, 4) is 5.75 Å². The molecule has 1 unspecified atom stereocenters. The summed E-state index contributed by atoms with van der Waals surface area (Å²) in [6.07, 6.45) is -0.881. The lowest BCUT2D eigenvalue weighted by Gasteiger charge is -2.22. The Hall–Kier alpha value is -2.72. The highest BCUT2D eigenvalue weighted by molar-refractivity contribution is 8.15. The molecule has 2 aromatic rings. The summed E-state index contributed by atoms with van der Waals surface area (Å²) >= 11 is 1.17. The number of carbonyl (C=O) groups is 2. The first-order valence-corrected chi connectivity index (χ1v) is 9.95. The van der Waals surface area contributed by atoms with Gasteiger partial charge in [-0.2, -0.15) is 5.23 Å². The summed E-state index contributed by atoms with van der Waals surface area (Å²) in [6.45, 7) is 6.01. The highest BCUT2D eigenvalue weighted by Crippen LogP contribution is 2.34. The fourth-order valence-electron chi connectivity index (χ4n) is 2.88. The molecule has 2 amide bonds. The van der Waals surface area contributed by atoms with Crippen LogP contribution in [0, 0.1) is 12.1 Å². The molecule has 0 aromatic heterocycles. The van der Waals surface area contributed by atoms with Gasteiger partial charge < -0.3 is 9.94 Å². The molecule has 1 saturated heterocycles. The van der Waals surface area contributed by atoms with Crippen molar-refractivity contribution in [3.63, 3.8) is 0 Å². The van der Waals surface area contributed by atoms with Gasteiger partial charge in [-0.15, -0.1) is 4.99 Å². The predicted octanol–water partition coefficient (Wildman–Crippen LogP) is 3.16. The number of carbonyl (C=O) groups excluding carboxylic acids is 2. The number of amidine groups is 1. The van der Waals surface area contributed by atoms with Crippen LogP contribution in [0.5, 0.6) is 5.75 Å². The molecule has 1 fully saturated rings. The molecule has 0 radical (unpaired) electrons. The van der Waals surface area contributed by atoms with Crippen LogP contribution in [0.1, 0.15) is 30.9 Å². The van der Waals surface area contributed by atoms with Gasteiger partial charge in [-0.1, -0.05) is 37.7 Å². The molecule has 29 heavy (non-hydrogen) atoms. The number of amides is 2. The number of hydrogen-bond acceptors (Lipinski definition) is 6. The molecule has 2 aromatic carbocycles. The first kappa shape index (κ1) is 21.0. The summed E-state index contributed by atoms with van der Waals surface area (Å²) in [5.41, 5.74) is 2.78. The van der Waals surface area contributed by atoms with Crippen LogP contribution >= 0.6 is 11.8 Å². The Balaban J connectivity index is 1.85. The summed E-state index contributed by atoms with van der Waals surface area (Å²) in [4.78, 5) is 30.2. The Bertz CT molecular complexity index is 957. The summed E-state index contributed by atoms with van der Waals surface area (Å²) in [5, 5.41) is 19.0. The van der Waals surface area contributed by atoms with E-state index in [9.17, 15) is 14.8 Å². The lowest BCUT2D eigenvalue weighted by molar-refractivity contribution is -0.991. The monoisotopic (exact) mass is 415 g/mol. The zero-order valence-electron chi connectivity index (χ0n) is 16.2. The van der Waals surface area contributed by atoms with Crippen molar-refractivity contribution in [1.82, 2.24) is 0 Å². The Morgan fingerprint density at radius 3 is 2.59 bits per heavy atom. The quantitative estimate of drug-likeness (QED) is 0.743. The number of aliphatic imine (C=N–C) groups is 1. The molecule has 2 N–H and O–H groups in total. The zero-order valence-corrected chi connectivity index (χ0v) is 17.0. The summed E-state index contributed by atoms with van der Waals surface area (Å²) in [7, 11) is 0. The third kappa shape index (κ3) is 4.83. The van der Waals surface area contributed by atoms with Crippen LogP contribution in [0.2, 0.25) is 0 Å². The Morgan fingerprint density at radius 1 is 1.28 bits per heavy atom. The molecule has 0 aliphatic carbocycles. The third-order valence-electron chi connectivity index (χ3n) is 4.31. The number of nitrogens with zero attached hydrogens (tertiary/aromatic N) is 2. The van der Waals surface area contributed by atoms with E-state index < -0.39 is 11.3 Å². The molecule has 0 saturated carbocycles. The molecule has 0 bridgehead atoms. The van der Waals surface area contributed by atoms with Gasteiger partial charge in [-0.05, 0) is 42.2 Å². The van der Waals surface area contributed by atoms with Gasteiger partial charge in [0.15, 0.2) is 10.9 Å². The lowest BCUT2D eigenvalue weighted by Crippen LogP contribution is -2.99. The lowest BCUT2D eigenvalue weighted by atomic mass is 9.99. The fourth-order valence-corrected chi connectivity index (χ4v) is 3.73. The van der Waals surface area contributed by atoms with Gasteiger partial charge in [0.1, 0.15) is 5.75 Å². The SMILES string of the molecule is Cc1ccc(C(C)C)c(N2C(=O)CSC2=NC(=O)Oc2ccc([NH+]([O-])O)cc2)c1. The van der Waals surface area contributed by atoms with Gasteiger partial charge >= 0.3 is 6.09 Å². The Kier molecular flexibility index (Phi) is 6.33. The smallest absolute Gasteiger partial charge is 0.441 e. The van der Waals surface area contributed by atoms with Crippen molar-refractivity contribution in [3.05, 3.63) is 58.8 Å². The van der Waals surface area contributed by atoms with Crippen molar-refractivity contribution < 1.29 is 24.8 Å². The van der Waals surface area contributed by atoms with E-state index in [1.807, 2.05) is 39.0 Å². The van der Waals surface area contributed by atoms with Crippen molar-refractivity contribution >= 4 is 40.3 Å². The van der Waals surface area contributed by atoms with Gasteiger partial charge in [-0.3, -0.25) is 9.69 Å². The molecule has 0 spiro atoms. The number of benzene rings is 2. The maximum absolute atomic E-state index is 12.5. The first-order chi connectivity index (χ1) is 13.8. The van der Waals surface area contributed by atoms with E-state index in [0.717, 1.165) is 11.1 Å². The molecule has 9 heteroatoms. The number of quaternary nitrogens is 1. The van der Waals surface area contributed by atoms with E-state index in [0.29, 0.717) is 5.69 Å². The number of thioether (sulfide) groups is 1. The van der Waals surface area contributed by atoms with Gasteiger partial charge in [0.05, 0.1) is 11.4 Å². The van der Waals surface area contributed by atoms with E-state index in [4.69, 9.17) is 9.94 Å². The summed E-state index contributed by atoms with van der Waals surface area (Å²) in [6, 6.07) is 11.3. The average molecular weight is 415 g/mol. The number of hydrogen-bond donors (Lipinski definition) is 2. The molecular weight excluding hydrogens is 394 g/mol. The van der Waals surface area contributed by atoms with Crippen LogP contribution in [0.15, 0.2) is 47.5 Å². The topological polar surface area (TPSA) is 107 Å². The van der Waals surface area contributed by atoms with Crippen LogP contribution in [0.4, 0.5) is 16.2 Å². The molecule has 3 rings (SSSR count). The van der Waals surface area contributed by atoms with Gasteiger partial charge in [-0.25, -0.2) is 10.0 Å². The maximum atomic E-state index is 12.5. The minimum Gasteiger partial charge on any atom is -0.595 e. The third-order valence-corrected chi connectivity index (χ3v) is 5.23. The highest BCUT2D eigenvalue weighted by Gasteiger charge is 2.32. The Labute approximate surface area is 172 Å². The van der Waals surface area contributed by atoms with Crippen LogP contribution < -0.4 is 14.9 Å². The van der Waals surface area contributed by atoms with Crippen molar-refractivity contribution in [1.29, 1.82) is 0 Å². The van der Waals surface area contributed by atoms with Gasteiger partial charge in [0.25, 0.3) is 0 Å². The summed E-state index contributed by atoms with van der Waals surface area (Å²) in [5.74, 6) is 0.388. The fraction of sp³-hybridized carbons (Fsp3) is 0.250. The number of aryl methyl sites for hydroxylation is 1. The molecule has 1 aliphatic rings. The highest BCUT2D eigenvalue weighted by atomic mass is 32.2. The van der Waals surface area contributed by atoms with E-state index in [1.54, 1.807) is 0 Å². The van der Waals surface area contributed by atoms with Crippen molar-refractivity contribution in [2.75, 3.05) is 10.7 Å². The van der Waals surface area contributed by atoms with Gasteiger partial charge in [0.2, 0.25) is 5.91 Å². The first-order valence-electron chi connectivity index (χ1n) is 8.96. The number of nitrogens with one attached hydrogen (secondary N) is 1. The van der Waals surface area contributed by atoms with Crippen LogP contribution in [0.25, 0.3) is 0 Å². The molecule has 1 heterocycles. The molecule has 8 nitrogen and oxygen atoms in total. The minimum atomic E-state index is -1.07. The van der Waals surface area contributed by atoms with E-state index >= 15 is 0 Å². The molecule has 1 atom stereocenters. The minimum absolute atomic E-state index is 0.0832. The second kappa shape index (κ2) is 8.75. The van der Waals surface area contributed by atoms with Gasteiger partial charge in [0, 0.05) is 12.1 Å². The van der Waals surface area contributed by atoms with Crippen LogP contribution in [-0.4, -0.2) is 28.1 Å². The largest absolute Gasteiger partial charge is 0.595 e. The van der Waals surface area contributed by atoms with E-state index in [-0.39, 0.29) is 34.2 Å².